The third-order valence-electron chi connectivity index (χ3n) is 4.11. The normalized spacial score (nSPS) is 23.6. The van der Waals surface area contributed by atoms with E-state index in [1.807, 2.05) is 0 Å². The summed E-state index contributed by atoms with van der Waals surface area (Å²) < 4.78 is 5.24. The molecule has 0 bridgehead atoms. The Kier molecular flexibility index (Phi) is 4.14. The first kappa shape index (κ1) is 15.0. The number of carboxylic acids is 1. The van der Waals surface area contributed by atoms with Crippen molar-refractivity contribution in [1.29, 1.82) is 5.26 Å². The van der Waals surface area contributed by atoms with Gasteiger partial charge in [0.25, 0.3) is 5.91 Å². The minimum Gasteiger partial charge on any atom is -0.479 e. The summed E-state index contributed by atoms with van der Waals surface area (Å²) in [6, 6.07) is 2.19. The molecule has 1 fully saturated rings. The number of carbonyl (C=O) groups is 2. The van der Waals surface area contributed by atoms with E-state index in [1.54, 1.807) is 0 Å². The maximum Gasteiger partial charge on any atom is 0.332 e. The number of aliphatic carboxylic acids is 1. The zero-order valence-electron chi connectivity index (χ0n) is 11.9. The fraction of sp³-hybridized carbons (Fsp3) is 0.533. The highest BCUT2D eigenvalue weighted by molar-refractivity contribution is 7.16. The van der Waals surface area contributed by atoms with Crippen molar-refractivity contribution in [2.45, 2.75) is 50.7 Å². The molecule has 2 aliphatic rings. The van der Waals surface area contributed by atoms with Crippen LogP contribution in [0.5, 0.6) is 0 Å². The van der Waals surface area contributed by atoms with Crippen molar-refractivity contribution in [3.05, 3.63) is 16.0 Å². The number of nitrogens with one attached hydrogen (secondary N) is 1. The van der Waals surface area contributed by atoms with Gasteiger partial charge in [-0.05, 0) is 44.1 Å². The van der Waals surface area contributed by atoms with Gasteiger partial charge in [-0.3, -0.25) is 4.79 Å². The number of hydrogen-bond donors (Lipinski definition) is 2. The number of thiophene rings is 1. The first-order valence-electron chi connectivity index (χ1n) is 7.34. The lowest BCUT2D eigenvalue weighted by molar-refractivity contribution is -0.150. The minimum absolute atomic E-state index is 0.333. The molecule has 22 heavy (non-hydrogen) atoms. The van der Waals surface area contributed by atoms with Crippen molar-refractivity contribution in [2.24, 2.45) is 0 Å². The van der Waals surface area contributed by atoms with Crippen LogP contribution in [-0.2, 0) is 27.2 Å². The highest BCUT2D eigenvalue weighted by Gasteiger charge is 2.35. The van der Waals surface area contributed by atoms with E-state index in [1.165, 1.54) is 16.2 Å². The van der Waals surface area contributed by atoms with Gasteiger partial charge in [0.1, 0.15) is 17.2 Å². The van der Waals surface area contributed by atoms with Crippen LogP contribution in [0.15, 0.2) is 0 Å². The summed E-state index contributed by atoms with van der Waals surface area (Å²) in [6.45, 7) is 0. The molecule has 0 spiro atoms. The topological polar surface area (TPSA) is 99.4 Å². The zero-order chi connectivity index (χ0) is 15.7. The van der Waals surface area contributed by atoms with Gasteiger partial charge in [-0.15, -0.1) is 11.3 Å². The molecule has 2 heterocycles. The summed E-state index contributed by atoms with van der Waals surface area (Å²) in [7, 11) is 0. The molecule has 2 N–H and O–H groups in total. The van der Waals surface area contributed by atoms with Gasteiger partial charge in [0.2, 0.25) is 0 Å². The predicted molar refractivity (Wildman–Crippen MR) is 79.8 cm³/mol. The first-order valence-corrected chi connectivity index (χ1v) is 8.15. The van der Waals surface area contributed by atoms with Crippen LogP contribution in [0.25, 0.3) is 0 Å². The second kappa shape index (κ2) is 6.07. The van der Waals surface area contributed by atoms with Crippen LogP contribution in [0.3, 0.4) is 0 Å². The summed E-state index contributed by atoms with van der Waals surface area (Å²) >= 11 is 1.45. The molecular formula is C15H16N2O4S. The number of fused-ring (bicyclic) bond motifs is 1. The standard InChI is InChI=1S/C15H16N2O4S/c16-7-9-8-3-1-2-4-12(8)22-14(9)17-13(18)10-5-6-11(21-10)15(19)20/h10-11H,1-6H2,(H,17,18)(H,19,20). The van der Waals surface area contributed by atoms with Gasteiger partial charge < -0.3 is 15.2 Å². The van der Waals surface area contributed by atoms with Crippen LogP contribution in [0.1, 0.15) is 41.7 Å². The summed E-state index contributed by atoms with van der Waals surface area (Å²) in [5, 5.41) is 21.6. The Bertz CT molecular complexity index is 661. The highest BCUT2D eigenvalue weighted by Crippen LogP contribution is 2.38. The Morgan fingerprint density at radius 1 is 1.27 bits per heavy atom. The maximum atomic E-state index is 12.2. The predicted octanol–water partition coefficient (Wildman–Crippen LogP) is 2.07. The number of hydrogen-bond acceptors (Lipinski definition) is 5. The van der Waals surface area contributed by atoms with Gasteiger partial charge in [-0.1, -0.05) is 0 Å². The number of carboxylic acid groups (broad SMARTS) is 1. The SMILES string of the molecule is N#Cc1c(NC(=O)C2CCC(C(=O)O)O2)sc2c1CCCC2. The molecule has 7 heteroatoms. The maximum absolute atomic E-state index is 12.2. The van der Waals surface area contributed by atoms with Crippen molar-refractivity contribution in [3.63, 3.8) is 0 Å². The smallest absolute Gasteiger partial charge is 0.332 e. The van der Waals surface area contributed by atoms with Crippen LogP contribution < -0.4 is 5.32 Å². The summed E-state index contributed by atoms with van der Waals surface area (Å²) in [4.78, 5) is 24.3. The molecule has 2 atom stereocenters. The van der Waals surface area contributed by atoms with Crippen LogP contribution in [0.4, 0.5) is 5.00 Å². The molecule has 0 aromatic carbocycles. The molecule has 2 unspecified atom stereocenters. The quantitative estimate of drug-likeness (QED) is 0.888. The Morgan fingerprint density at radius 2 is 2.00 bits per heavy atom. The second-order valence-electron chi connectivity index (χ2n) is 5.55. The number of anilines is 1. The van der Waals surface area contributed by atoms with E-state index >= 15 is 0 Å². The van der Waals surface area contributed by atoms with E-state index in [4.69, 9.17) is 9.84 Å². The lowest BCUT2D eigenvalue weighted by Gasteiger charge is -2.11. The summed E-state index contributed by atoms with van der Waals surface area (Å²) in [5.41, 5.74) is 1.62. The Balaban J connectivity index is 1.74. The van der Waals surface area contributed by atoms with Gasteiger partial charge in [-0.2, -0.15) is 5.26 Å². The lowest BCUT2D eigenvalue weighted by Crippen LogP contribution is -2.29. The average Bonchev–Trinajstić information content (AvgIpc) is 3.11. The van der Waals surface area contributed by atoms with Crippen molar-refractivity contribution in [2.75, 3.05) is 5.32 Å². The van der Waals surface area contributed by atoms with Crippen molar-refractivity contribution in [1.82, 2.24) is 0 Å². The first-order chi connectivity index (χ1) is 10.6. The van der Waals surface area contributed by atoms with E-state index in [9.17, 15) is 14.9 Å². The Morgan fingerprint density at radius 3 is 2.68 bits per heavy atom. The fourth-order valence-electron chi connectivity index (χ4n) is 2.98. The number of rotatable bonds is 3. The summed E-state index contributed by atoms with van der Waals surface area (Å²) in [6.07, 6.45) is 3.05. The molecule has 6 nitrogen and oxygen atoms in total. The lowest BCUT2D eigenvalue weighted by atomic mass is 9.96. The van der Waals surface area contributed by atoms with E-state index in [0.29, 0.717) is 23.4 Å². The van der Waals surface area contributed by atoms with Crippen LogP contribution >= 0.6 is 11.3 Å². The van der Waals surface area contributed by atoms with E-state index in [2.05, 4.69) is 11.4 Å². The number of aryl methyl sites for hydroxylation is 1. The third-order valence-corrected chi connectivity index (χ3v) is 5.31. The molecule has 1 amide bonds. The third kappa shape index (κ3) is 2.72. The molecule has 1 aliphatic carbocycles. The van der Waals surface area contributed by atoms with Crippen molar-refractivity contribution >= 4 is 28.2 Å². The van der Waals surface area contributed by atoms with E-state index in [-0.39, 0.29) is 5.91 Å². The van der Waals surface area contributed by atoms with E-state index in [0.717, 1.165) is 31.2 Å². The average molecular weight is 320 g/mol. The van der Waals surface area contributed by atoms with Gasteiger partial charge in [0.15, 0.2) is 6.10 Å². The van der Waals surface area contributed by atoms with Gasteiger partial charge >= 0.3 is 5.97 Å². The van der Waals surface area contributed by atoms with Gasteiger partial charge in [0.05, 0.1) is 5.56 Å². The molecule has 1 aliphatic heterocycles. The van der Waals surface area contributed by atoms with Crippen molar-refractivity contribution < 1.29 is 19.4 Å². The molecule has 0 radical (unpaired) electrons. The van der Waals surface area contributed by atoms with Crippen LogP contribution in [0, 0.1) is 11.3 Å². The summed E-state index contributed by atoms with van der Waals surface area (Å²) in [5.74, 6) is -1.40. The minimum atomic E-state index is -1.04. The number of ether oxygens (including phenoxy) is 1. The molecule has 1 saturated heterocycles. The van der Waals surface area contributed by atoms with E-state index < -0.39 is 18.2 Å². The number of amides is 1. The Labute approximate surface area is 131 Å². The molecule has 0 saturated carbocycles. The van der Waals surface area contributed by atoms with Gasteiger partial charge in [-0.25, -0.2) is 4.79 Å². The van der Waals surface area contributed by atoms with Crippen LogP contribution in [-0.4, -0.2) is 29.2 Å². The molecule has 116 valence electrons. The Hall–Kier alpha value is -1.91. The fourth-order valence-corrected chi connectivity index (χ4v) is 4.22. The monoisotopic (exact) mass is 320 g/mol. The largest absolute Gasteiger partial charge is 0.479 e. The zero-order valence-corrected chi connectivity index (χ0v) is 12.7. The van der Waals surface area contributed by atoms with Crippen LogP contribution in [0.2, 0.25) is 0 Å². The molecule has 1 aromatic heterocycles. The van der Waals surface area contributed by atoms with Crippen molar-refractivity contribution in [3.8, 4) is 6.07 Å². The highest BCUT2D eigenvalue weighted by atomic mass is 32.1. The van der Waals surface area contributed by atoms with Gasteiger partial charge in [0, 0.05) is 4.88 Å². The number of nitrogens with zero attached hydrogens (tertiary/aromatic N) is 1. The molecular weight excluding hydrogens is 304 g/mol. The number of carbonyl (C=O) groups excluding carboxylic acids is 1. The molecule has 1 aromatic rings. The second-order valence-corrected chi connectivity index (χ2v) is 6.65. The number of nitriles is 1. The molecule has 3 rings (SSSR count).